The fraction of sp³-hybridized carbons (Fsp3) is 0. The van der Waals surface area contributed by atoms with Crippen LogP contribution in [0.1, 0.15) is 10.4 Å². The maximum Gasteiger partial charge on any atom is 0.336 e. The number of non-ortho nitro benzene ring substituents is 2. The van der Waals surface area contributed by atoms with Gasteiger partial charge in [-0.25, -0.2) is 4.79 Å². The number of hydrogen-bond donors (Lipinski definition) is 1. The van der Waals surface area contributed by atoms with Crippen molar-refractivity contribution in [1.29, 1.82) is 0 Å². The van der Waals surface area contributed by atoms with E-state index in [1.54, 1.807) is 0 Å². The number of carboxylic acid groups (broad SMARTS) is 1. The summed E-state index contributed by atoms with van der Waals surface area (Å²) >= 11 is 0. The van der Waals surface area contributed by atoms with Crippen molar-refractivity contribution in [3.05, 3.63) is 44.0 Å². The van der Waals surface area contributed by atoms with Crippen LogP contribution in [0, 0.1) is 20.2 Å². The maximum absolute atomic E-state index is 10.5. The zero-order valence-corrected chi connectivity index (χ0v) is 8.49. The zero-order valence-electron chi connectivity index (χ0n) is 7.45. The number of nitro benzene ring substituents is 2. The Morgan fingerprint density at radius 2 is 1.44 bits per heavy atom. The minimum absolute atomic E-state index is 0. The molecule has 0 spiro atoms. The Hall–Kier alpha value is -2.00. The van der Waals surface area contributed by atoms with Gasteiger partial charge in [0.25, 0.3) is 11.4 Å². The molecule has 1 aromatic carbocycles. The van der Waals surface area contributed by atoms with Gasteiger partial charge in [-0.2, -0.15) is 0 Å². The van der Waals surface area contributed by atoms with Crippen molar-refractivity contribution in [3.63, 3.8) is 0 Å². The summed E-state index contributed by atoms with van der Waals surface area (Å²) in [4.78, 5) is 29.4. The second-order valence-corrected chi connectivity index (χ2v) is 2.56. The van der Waals surface area contributed by atoms with Crippen LogP contribution in [0.15, 0.2) is 18.2 Å². The van der Waals surface area contributed by atoms with Gasteiger partial charge in [0.2, 0.25) is 0 Å². The fourth-order valence-electron chi connectivity index (χ4n) is 0.929. The predicted molar refractivity (Wildman–Crippen MR) is 46.7 cm³/mol. The molecule has 0 atom stereocenters. The van der Waals surface area contributed by atoms with E-state index in [4.69, 9.17) is 5.11 Å². The largest absolute Gasteiger partial charge is 0.478 e. The number of hydrogen-bond acceptors (Lipinski definition) is 5. The number of carbonyl (C=O) groups is 1. The fourth-order valence-corrected chi connectivity index (χ4v) is 0.929. The van der Waals surface area contributed by atoms with Crippen molar-refractivity contribution >= 4 is 17.3 Å². The van der Waals surface area contributed by atoms with Gasteiger partial charge in [0.15, 0.2) is 0 Å². The molecule has 0 unspecified atom stereocenters. The van der Waals surface area contributed by atoms with Gasteiger partial charge >= 0.3 is 5.97 Å². The van der Waals surface area contributed by atoms with Crippen LogP contribution in [0.2, 0.25) is 0 Å². The van der Waals surface area contributed by atoms with Gasteiger partial charge in [0.1, 0.15) is 0 Å². The Bertz CT molecular complexity index is 381. The van der Waals surface area contributed by atoms with Crippen LogP contribution in [0.25, 0.3) is 0 Å². The van der Waals surface area contributed by atoms with E-state index in [0.29, 0.717) is 6.07 Å². The monoisotopic (exact) mass is 271 g/mol. The average Bonchev–Trinajstić information content (AvgIpc) is 2.16. The van der Waals surface area contributed by atoms with E-state index in [1.165, 1.54) is 0 Å². The number of nitro groups is 2. The zero-order chi connectivity index (χ0) is 11.6. The predicted octanol–water partition coefficient (Wildman–Crippen LogP) is 1.20. The number of carboxylic acids is 1. The Morgan fingerprint density at radius 3 is 1.69 bits per heavy atom. The maximum atomic E-state index is 10.5. The Balaban J connectivity index is 0.00000225. The topological polar surface area (TPSA) is 124 Å². The van der Waals surface area contributed by atoms with Crippen molar-refractivity contribution in [2.75, 3.05) is 0 Å². The second kappa shape index (κ2) is 5.18. The van der Waals surface area contributed by atoms with Gasteiger partial charge in [0, 0.05) is 28.9 Å². The number of rotatable bonds is 3. The molecule has 9 heteroatoms. The molecule has 1 N–H and O–H groups in total. The van der Waals surface area contributed by atoms with Gasteiger partial charge < -0.3 is 5.11 Å². The van der Waals surface area contributed by atoms with E-state index in [9.17, 15) is 25.0 Å². The molecule has 0 aliphatic heterocycles. The molecule has 0 bridgehead atoms. The summed E-state index contributed by atoms with van der Waals surface area (Å²) in [5.74, 6) is -1.46. The standard InChI is InChI=1S/C7H4N2O6.Co/c10-7(11)4-1-5(8(12)13)3-6(2-4)9(14)15;/h1-3H,(H,10,11);. The van der Waals surface area contributed by atoms with E-state index in [2.05, 4.69) is 0 Å². The number of benzene rings is 1. The molecule has 0 saturated heterocycles. The van der Waals surface area contributed by atoms with E-state index in [0.717, 1.165) is 12.1 Å². The van der Waals surface area contributed by atoms with Crippen molar-refractivity contribution < 1.29 is 36.5 Å². The van der Waals surface area contributed by atoms with E-state index in [1.807, 2.05) is 0 Å². The minimum Gasteiger partial charge on any atom is -0.478 e. The third-order valence-electron chi connectivity index (χ3n) is 1.57. The smallest absolute Gasteiger partial charge is 0.336 e. The molecular weight excluding hydrogens is 267 g/mol. The van der Waals surface area contributed by atoms with Crippen LogP contribution in [0.4, 0.5) is 11.4 Å². The quantitative estimate of drug-likeness (QED) is 0.650. The molecule has 0 aliphatic rings. The molecule has 87 valence electrons. The molecule has 1 rings (SSSR count). The van der Waals surface area contributed by atoms with E-state index < -0.39 is 32.8 Å². The third kappa shape index (κ3) is 3.00. The summed E-state index contributed by atoms with van der Waals surface area (Å²) < 4.78 is 0. The number of nitrogens with zero attached hydrogens (tertiary/aromatic N) is 2. The van der Waals surface area contributed by atoms with Gasteiger partial charge in [0.05, 0.1) is 21.5 Å². The van der Waals surface area contributed by atoms with Gasteiger partial charge in [-0.05, 0) is 0 Å². The molecule has 8 nitrogen and oxygen atoms in total. The Kier molecular flexibility index (Phi) is 4.53. The van der Waals surface area contributed by atoms with Crippen LogP contribution < -0.4 is 0 Å². The van der Waals surface area contributed by atoms with Gasteiger partial charge in [-0.3, -0.25) is 20.2 Å². The van der Waals surface area contributed by atoms with E-state index in [-0.39, 0.29) is 16.8 Å². The van der Waals surface area contributed by atoms with Gasteiger partial charge in [-0.15, -0.1) is 0 Å². The van der Waals surface area contributed by atoms with Crippen molar-refractivity contribution in [2.24, 2.45) is 0 Å². The first kappa shape index (κ1) is 14.0. The first-order valence-corrected chi connectivity index (χ1v) is 3.59. The molecule has 0 aromatic heterocycles. The Morgan fingerprint density at radius 1 is 1.06 bits per heavy atom. The summed E-state index contributed by atoms with van der Waals surface area (Å²) in [6.07, 6.45) is 0. The molecule has 0 fully saturated rings. The van der Waals surface area contributed by atoms with Crippen LogP contribution in [-0.2, 0) is 16.8 Å². The van der Waals surface area contributed by atoms with Crippen molar-refractivity contribution in [3.8, 4) is 0 Å². The van der Waals surface area contributed by atoms with Gasteiger partial charge in [-0.1, -0.05) is 0 Å². The normalized spacial score (nSPS) is 9.00. The summed E-state index contributed by atoms with van der Waals surface area (Å²) in [5.41, 5.74) is -1.74. The average molecular weight is 271 g/mol. The minimum atomic E-state index is -1.46. The third-order valence-corrected chi connectivity index (χ3v) is 1.57. The molecule has 0 heterocycles. The SMILES string of the molecule is O=C(O)c1cc([N+](=O)[O-])cc([N+](=O)[O-])c1.[Co]. The summed E-state index contributed by atoms with van der Waals surface area (Å²) in [7, 11) is 0. The van der Waals surface area contributed by atoms with Crippen molar-refractivity contribution in [2.45, 2.75) is 0 Å². The molecule has 0 amide bonds. The molecule has 1 radical (unpaired) electrons. The summed E-state index contributed by atoms with van der Waals surface area (Å²) in [6.45, 7) is 0. The van der Waals surface area contributed by atoms with Crippen LogP contribution in [-0.4, -0.2) is 20.9 Å². The second-order valence-electron chi connectivity index (χ2n) is 2.56. The van der Waals surface area contributed by atoms with Crippen molar-refractivity contribution in [1.82, 2.24) is 0 Å². The molecule has 0 aliphatic carbocycles. The molecule has 16 heavy (non-hydrogen) atoms. The first-order chi connectivity index (χ1) is 6.91. The molecular formula is C7H4CoN2O6. The molecule has 0 saturated carbocycles. The Labute approximate surface area is 98.4 Å². The van der Waals surface area contributed by atoms with Crippen LogP contribution in [0.3, 0.4) is 0 Å². The summed E-state index contributed by atoms with van der Waals surface area (Å²) in [6, 6.07) is 2.22. The first-order valence-electron chi connectivity index (χ1n) is 3.59. The van der Waals surface area contributed by atoms with E-state index >= 15 is 0 Å². The molecule has 1 aromatic rings. The summed E-state index contributed by atoms with van der Waals surface area (Å²) in [5, 5.41) is 29.2. The van der Waals surface area contributed by atoms with Crippen LogP contribution in [0.5, 0.6) is 0 Å². The van der Waals surface area contributed by atoms with Crippen LogP contribution >= 0.6 is 0 Å². The number of aromatic carboxylic acids is 1.